The Bertz CT molecular complexity index is 551. The van der Waals surface area contributed by atoms with Gasteiger partial charge in [0, 0.05) is 0 Å². The molecule has 1 saturated carbocycles. The number of nitrogens with one attached hydrogen (secondary N) is 1. The summed E-state index contributed by atoms with van der Waals surface area (Å²) in [6, 6.07) is 6.25. The summed E-state index contributed by atoms with van der Waals surface area (Å²) in [5.41, 5.74) is 1.01. The average Bonchev–Trinajstić information content (AvgIpc) is 2.37. The first-order valence-electron chi connectivity index (χ1n) is 6.32. The molecule has 1 aromatic carbocycles. The number of aliphatic hydroxyl groups is 1. The molecule has 104 valence electrons. The zero-order valence-corrected chi connectivity index (χ0v) is 11.7. The van der Waals surface area contributed by atoms with Crippen LogP contribution in [0, 0.1) is 12.8 Å². The summed E-state index contributed by atoms with van der Waals surface area (Å²) in [7, 11) is -3.57. The summed E-state index contributed by atoms with van der Waals surface area (Å²) in [5, 5.41) is 9.70. The summed E-state index contributed by atoms with van der Waals surface area (Å²) in [6.45, 7) is 5.55. The smallest absolute Gasteiger partial charge is 0.240 e. The molecule has 19 heavy (non-hydrogen) atoms. The highest BCUT2D eigenvalue weighted by atomic mass is 32.2. The van der Waals surface area contributed by atoms with Crippen LogP contribution in [0.25, 0.3) is 0 Å². The number of hydrogen-bond acceptors (Lipinski definition) is 3. The minimum Gasteiger partial charge on any atom is -0.391 e. The van der Waals surface area contributed by atoms with Crippen LogP contribution in [0.3, 0.4) is 0 Å². The number of aliphatic hydroxyl groups excluding tert-OH is 1. The van der Waals surface area contributed by atoms with Gasteiger partial charge >= 0.3 is 0 Å². The van der Waals surface area contributed by atoms with Crippen LogP contribution in [0.15, 0.2) is 41.8 Å². The second-order valence-corrected chi connectivity index (χ2v) is 6.76. The lowest BCUT2D eigenvalue weighted by Gasteiger charge is -2.41. The van der Waals surface area contributed by atoms with Crippen LogP contribution in [0.2, 0.25) is 0 Å². The van der Waals surface area contributed by atoms with Crippen LogP contribution in [0.4, 0.5) is 0 Å². The van der Waals surface area contributed by atoms with Gasteiger partial charge < -0.3 is 5.11 Å². The van der Waals surface area contributed by atoms with E-state index in [1.807, 2.05) is 6.92 Å². The van der Waals surface area contributed by atoms with E-state index in [9.17, 15) is 13.5 Å². The topological polar surface area (TPSA) is 66.4 Å². The van der Waals surface area contributed by atoms with Gasteiger partial charge in [0.15, 0.2) is 0 Å². The van der Waals surface area contributed by atoms with E-state index in [-0.39, 0.29) is 10.8 Å². The van der Waals surface area contributed by atoms with Crippen molar-refractivity contribution in [3.05, 3.63) is 42.5 Å². The summed E-state index contributed by atoms with van der Waals surface area (Å²) in [4.78, 5) is 0.231. The highest BCUT2D eigenvalue weighted by molar-refractivity contribution is 7.89. The van der Waals surface area contributed by atoms with Crippen LogP contribution in [-0.4, -0.2) is 25.7 Å². The first kappa shape index (κ1) is 14.2. The molecule has 5 heteroatoms. The summed E-state index contributed by atoms with van der Waals surface area (Å²) < 4.78 is 27.0. The molecule has 1 aliphatic carbocycles. The maximum Gasteiger partial charge on any atom is 0.240 e. The fourth-order valence-corrected chi connectivity index (χ4v) is 3.66. The zero-order valence-electron chi connectivity index (χ0n) is 10.9. The van der Waals surface area contributed by atoms with Crippen molar-refractivity contribution in [3.8, 4) is 0 Å². The lowest BCUT2D eigenvalue weighted by atomic mass is 9.75. The zero-order chi connectivity index (χ0) is 14.0. The molecule has 4 nitrogen and oxygen atoms in total. The third kappa shape index (κ3) is 3.05. The SMILES string of the molecule is C=CC[C@H]1C[C@H](O)[C@@H]1NS(=O)(=O)c1ccc(C)cc1. The molecular formula is C14H19NO3S. The van der Waals surface area contributed by atoms with E-state index in [0.717, 1.165) is 5.56 Å². The molecule has 1 aromatic rings. The Balaban J connectivity index is 2.12. The highest BCUT2D eigenvalue weighted by Crippen LogP contribution is 2.32. The van der Waals surface area contributed by atoms with Crippen molar-refractivity contribution >= 4 is 10.0 Å². The molecule has 3 atom stereocenters. The van der Waals surface area contributed by atoms with Gasteiger partial charge in [-0.3, -0.25) is 0 Å². The van der Waals surface area contributed by atoms with Crippen molar-refractivity contribution < 1.29 is 13.5 Å². The Morgan fingerprint density at radius 2 is 2.05 bits per heavy atom. The fourth-order valence-electron chi connectivity index (χ4n) is 2.32. The molecule has 0 unspecified atom stereocenters. The number of benzene rings is 1. The number of allylic oxidation sites excluding steroid dienone is 1. The van der Waals surface area contributed by atoms with Gasteiger partial charge in [-0.05, 0) is 37.8 Å². The molecular weight excluding hydrogens is 262 g/mol. The standard InChI is InChI=1S/C14H19NO3S/c1-3-4-11-9-13(16)14(11)15-19(17,18)12-7-5-10(2)6-8-12/h3,5-8,11,13-16H,1,4,9H2,2H3/t11-,13-,14+/m0/s1. The number of aryl methyl sites for hydroxylation is 1. The number of hydrogen-bond donors (Lipinski definition) is 2. The van der Waals surface area contributed by atoms with Gasteiger partial charge in [-0.2, -0.15) is 0 Å². The third-order valence-electron chi connectivity index (χ3n) is 3.56. The van der Waals surface area contributed by atoms with Crippen LogP contribution in [0.5, 0.6) is 0 Å². The van der Waals surface area contributed by atoms with Gasteiger partial charge in [-0.1, -0.05) is 23.8 Å². The van der Waals surface area contributed by atoms with E-state index in [4.69, 9.17) is 0 Å². The first-order valence-corrected chi connectivity index (χ1v) is 7.80. The summed E-state index contributed by atoms with van der Waals surface area (Å²) in [6.07, 6.45) is 2.47. The molecule has 0 aliphatic heterocycles. The van der Waals surface area contributed by atoms with Crippen molar-refractivity contribution in [2.45, 2.75) is 36.8 Å². The van der Waals surface area contributed by atoms with E-state index in [0.29, 0.717) is 12.8 Å². The molecule has 0 spiro atoms. The third-order valence-corrected chi connectivity index (χ3v) is 5.03. The molecule has 0 saturated heterocycles. The Kier molecular flexibility index (Phi) is 4.08. The minimum atomic E-state index is -3.57. The van der Waals surface area contributed by atoms with Crippen LogP contribution in [0.1, 0.15) is 18.4 Å². The molecule has 0 radical (unpaired) electrons. The first-order chi connectivity index (χ1) is 8.94. The van der Waals surface area contributed by atoms with E-state index < -0.39 is 22.2 Å². The predicted octanol–water partition coefficient (Wildman–Crippen LogP) is 1.60. The van der Waals surface area contributed by atoms with Crippen LogP contribution >= 0.6 is 0 Å². The molecule has 1 aliphatic rings. The van der Waals surface area contributed by atoms with Crippen LogP contribution < -0.4 is 4.72 Å². The van der Waals surface area contributed by atoms with Crippen molar-refractivity contribution in [2.24, 2.45) is 5.92 Å². The van der Waals surface area contributed by atoms with Gasteiger partial charge in [0.25, 0.3) is 0 Å². The molecule has 0 amide bonds. The molecule has 2 rings (SSSR count). The Labute approximate surface area is 114 Å². The van der Waals surface area contributed by atoms with Crippen molar-refractivity contribution in [1.82, 2.24) is 4.72 Å². The van der Waals surface area contributed by atoms with Gasteiger partial charge in [-0.15, -0.1) is 6.58 Å². The van der Waals surface area contributed by atoms with E-state index in [1.54, 1.807) is 30.3 Å². The lowest BCUT2D eigenvalue weighted by Crippen LogP contribution is -2.56. The number of sulfonamides is 1. The molecule has 0 bridgehead atoms. The van der Waals surface area contributed by atoms with Gasteiger partial charge in [-0.25, -0.2) is 13.1 Å². The fraction of sp³-hybridized carbons (Fsp3) is 0.429. The van der Waals surface area contributed by atoms with Gasteiger partial charge in [0.05, 0.1) is 17.0 Å². The average molecular weight is 281 g/mol. The Hall–Kier alpha value is -1.17. The molecule has 1 fully saturated rings. The largest absolute Gasteiger partial charge is 0.391 e. The molecule has 0 aromatic heterocycles. The summed E-state index contributed by atoms with van der Waals surface area (Å²) in [5.74, 6) is 0.132. The summed E-state index contributed by atoms with van der Waals surface area (Å²) >= 11 is 0. The maximum atomic E-state index is 12.2. The van der Waals surface area contributed by atoms with Crippen LogP contribution in [-0.2, 0) is 10.0 Å². The van der Waals surface area contributed by atoms with E-state index in [2.05, 4.69) is 11.3 Å². The highest BCUT2D eigenvalue weighted by Gasteiger charge is 2.41. The Morgan fingerprint density at radius 1 is 1.42 bits per heavy atom. The molecule has 0 heterocycles. The lowest BCUT2D eigenvalue weighted by molar-refractivity contribution is 0.00869. The minimum absolute atomic E-state index is 0.132. The van der Waals surface area contributed by atoms with Gasteiger partial charge in [0.2, 0.25) is 10.0 Å². The van der Waals surface area contributed by atoms with E-state index in [1.165, 1.54) is 0 Å². The van der Waals surface area contributed by atoms with E-state index >= 15 is 0 Å². The monoisotopic (exact) mass is 281 g/mol. The quantitative estimate of drug-likeness (QED) is 0.806. The van der Waals surface area contributed by atoms with Crippen molar-refractivity contribution in [2.75, 3.05) is 0 Å². The van der Waals surface area contributed by atoms with Crippen molar-refractivity contribution in [1.29, 1.82) is 0 Å². The van der Waals surface area contributed by atoms with Crippen molar-refractivity contribution in [3.63, 3.8) is 0 Å². The second-order valence-electron chi connectivity index (χ2n) is 5.05. The van der Waals surface area contributed by atoms with Gasteiger partial charge in [0.1, 0.15) is 0 Å². The molecule has 2 N–H and O–H groups in total. The maximum absolute atomic E-state index is 12.2. The number of rotatable bonds is 5. The second kappa shape index (κ2) is 5.45. The Morgan fingerprint density at radius 3 is 2.58 bits per heavy atom. The normalized spacial score (nSPS) is 26.7. The predicted molar refractivity (Wildman–Crippen MR) is 74.2 cm³/mol.